The van der Waals surface area contributed by atoms with E-state index in [1.54, 1.807) is 11.9 Å². The van der Waals surface area contributed by atoms with Crippen LogP contribution in [0.1, 0.15) is 11.1 Å². The fourth-order valence-corrected chi connectivity index (χ4v) is 2.01. The van der Waals surface area contributed by atoms with Gasteiger partial charge in [-0.05, 0) is 30.7 Å². The highest BCUT2D eigenvalue weighted by Crippen LogP contribution is 2.17. The zero-order valence-corrected chi connectivity index (χ0v) is 12.3. The van der Waals surface area contributed by atoms with Crippen molar-refractivity contribution in [3.05, 3.63) is 64.7 Å². The summed E-state index contributed by atoms with van der Waals surface area (Å²) in [5.74, 6) is 0. The number of urea groups is 1. The van der Waals surface area contributed by atoms with Gasteiger partial charge in [-0.25, -0.2) is 4.79 Å². The first-order chi connectivity index (χ1) is 9.56. The molecule has 20 heavy (non-hydrogen) atoms. The first-order valence-corrected chi connectivity index (χ1v) is 6.76. The second-order valence-corrected chi connectivity index (χ2v) is 5.15. The Morgan fingerprint density at radius 1 is 1.15 bits per heavy atom. The van der Waals surface area contributed by atoms with Gasteiger partial charge in [-0.3, -0.25) is 0 Å². The Balaban J connectivity index is 1.99. The third-order valence-electron chi connectivity index (χ3n) is 3.01. The van der Waals surface area contributed by atoms with Crippen molar-refractivity contribution in [3.8, 4) is 0 Å². The summed E-state index contributed by atoms with van der Waals surface area (Å²) >= 11 is 6.09. The highest BCUT2D eigenvalue weighted by Gasteiger charge is 2.10. The number of nitrogens with one attached hydrogen (secondary N) is 1. The zero-order chi connectivity index (χ0) is 14.5. The standard InChI is InChI=1S/C16H17ClN2O/c1-12-7-9-14(10-8-12)18-16(20)19(2)11-13-5-3-4-6-15(13)17/h3-10H,11H2,1-2H3,(H,18,20). The maximum absolute atomic E-state index is 12.1. The fourth-order valence-electron chi connectivity index (χ4n) is 1.81. The molecule has 2 aromatic carbocycles. The SMILES string of the molecule is Cc1ccc(NC(=O)N(C)Cc2ccccc2Cl)cc1. The van der Waals surface area contributed by atoms with Crippen LogP contribution < -0.4 is 5.32 Å². The summed E-state index contributed by atoms with van der Waals surface area (Å²) in [6, 6.07) is 15.1. The smallest absolute Gasteiger partial charge is 0.321 e. The molecular weight excluding hydrogens is 272 g/mol. The van der Waals surface area contributed by atoms with E-state index in [2.05, 4.69) is 5.32 Å². The number of hydrogen-bond donors (Lipinski definition) is 1. The molecule has 0 spiro atoms. The Morgan fingerprint density at radius 2 is 1.80 bits per heavy atom. The third-order valence-corrected chi connectivity index (χ3v) is 3.38. The summed E-state index contributed by atoms with van der Waals surface area (Å²) in [6.45, 7) is 2.48. The molecule has 0 atom stereocenters. The summed E-state index contributed by atoms with van der Waals surface area (Å²) in [5, 5.41) is 3.52. The van der Waals surface area contributed by atoms with Crippen LogP contribution in [0.2, 0.25) is 5.02 Å². The number of benzene rings is 2. The number of anilines is 1. The van der Waals surface area contributed by atoms with E-state index in [9.17, 15) is 4.79 Å². The number of carbonyl (C=O) groups excluding carboxylic acids is 1. The Bertz CT molecular complexity index is 596. The Hall–Kier alpha value is -2.00. The molecule has 0 saturated carbocycles. The van der Waals surface area contributed by atoms with Gasteiger partial charge in [0.15, 0.2) is 0 Å². The van der Waals surface area contributed by atoms with E-state index in [0.717, 1.165) is 16.8 Å². The minimum Gasteiger partial charge on any atom is -0.323 e. The minimum absolute atomic E-state index is 0.159. The van der Waals surface area contributed by atoms with E-state index in [4.69, 9.17) is 11.6 Å². The van der Waals surface area contributed by atoms with Gasteiger partial charge < -0.3 is 10.2 Å². The number of hydrogen-bond acceptors (Lipinski definition) is 1. The molecule has 0 saturated heterocycles. The maximum atomic E-state index is 12.1. The van der Waals surface area contributed by atoms with Gasteiger partial charge in [0.25, 0.3) is 0 Å². The van der Waals surface area contributed by atoms with Crippen molar-refractivity contribution >= 4 is 23.3 Å². The number of aryl methyl sites for hydroxylation is 1. The largest absolute Gasteiger partial charge is 0.323 e. The van der Waals surface area contributed by atoms with Gasteiger partial charge in [0, 0.05) is 24.3 Å². The van der Waals surface area contributed by atoms with E-state index in [1.807, 2.05) is 55.5 Å². The van der Waals surface area contributed by atoms with Gasteiger partial charge in [0.1, 0.15) is 0 Å². The summed E-state index contributed by atoms with van der Waals surface area (Å²) in [5.41, 5.74) is 2.87. The van der Waals surface area contributed by atoms with E-state index in [0.29, 0.717) is 11.6 Å². The lowest BCUT2D eigenvalue weighted by atomic mass is 10.2. The molecule has 0 bridgehead atoms. The molecule has 0 radical (unpaired) electrons. The molecule has 0 fully saturated rings. The summed E-state index contributed by atoms with van der Waals surface area (Å²) in [7, 11) is 1.74. The monoisotopic (exact) mass is 288 g/mol. The lowest BCUT2D eigenvalue weighted by Crippen LogP contribution is -2.30. The molecule has 1 N–H and O–H groups in total. The Kier molecular flexibility index (Phi) is 4.64. The van der Waals surface area contributed by atoms with Gasteiger partial charge in [0.2, 0.25) is 0 Å². The maximum Gasteiger partial charge on any atom is 0.321 e. The Morgan fingerprint density at radius 3 is 2.45 bits per heavy atom. The summed E-state index contributed by atoms with van der Waals surface area (Å²) < 4.78 is 0. The van der Waals surface area contributed by atoms with Crippen molar-refractivity contribution in [1.29, 1.82) is 0 Å². The Labute approximate surface area is 124 Å². The fraction of sp³-hybridized carbons (Fsp3) is 0.188. The molecule has 2 aromatic rings. The van der Waals surface area contributed by atoms with Crippen LogP contribution in [0.3, 0.4) is 0 Å². The van der Waals surface area contributed by atoms with Crippen LogP contribution in [0.4, 0.5) is 10.5 Å². The molecular formula is C16H17ClN2O. The van der Waals surface area contributed by atoms with Crippen LogP contribution in [0.15, 0.2) is 48.5 Å². The number of rotatable bonds is 3. The highest BCUT2D eigenvalue weighted by molar-refractivity contribution is 6.31. The van der Waals surface area contributed by atoms with Crippen LogP contribution in [-0.2, 0) is 6.54 Å². The van der Waals surface area contributed by atoms with Crippen LogP contribution in [0.5, 0.6) is 0 Å². The first-order valence-electron chi connectivity index (χ1n) is 6.38. The van der Waals surface area contributed by atoms with Crippen LogP contribution in [0, 0.1) is 6.92 Å². The average molecular weight is 289 g/mol. The second-order valence-electron chi connectivity index (χ2n) is 4.74. The van der Waals surface area contributed by atoms with Crippen molar-refractivity contribution in [2.75, 3.05) is 12.4 Å². The van der Waals surface area contributed by atoms with E-state index in [-0.39, 0.29) is 6.03 Å². The molecule has 3 nitrogen and oxygen atoms in total. The predicted molar refractivity (Wildman–Crippen MR) is 83.1 cm³/mol. The van der Waals surface area contributed by atoms with Crippen molar-refractivity contribution in [3.63, 3.8) is 0 Å². The highest BCUT2D eigenvalue weighted by atomic mass is 35.5. The summed E-state index contributed by atoms with van der Waals surface area (Å²) in [4.78, 5) is 13.7. The topological polar surface area (TPSA) is 32.3 Å². The molecule has 0 aliphatic rings. The quantitative estimate of drug-likeness (QED) is 0.896. The zero-order valence-electron chi connectivity index (χ0n) is 11.6. The first kappa shape index (κ1) is 14.4. The number of nitrogens with zero attached hydrogens (tertiary/aromatic N) is 1. The van der Waals surface area contributed by atoms with Gasteiger partial charge in [0.05, 0.1) is 0 Å². The molecule has 0 unspecified atom stereocenters. The van der Waals surface area contributed by atoms with Crippen LogP contribution >= 0.6 is 11.6 Å². The van der Waals surface area contributed by atoms with Crippen LogP contribution in [-0.4, -0.2) is 18.0 Å². The van der Waals surface area contributed by atoms with E-state index < -0.39 is 0 Å². The van der Waals surface area contributed by atoms with Crippen molar-refractivity contribution in [2.24, 2.45) is 0 Å². The summed E-state index contributed by atoms with van der Waals surface area (Å²) in [6.07, 6.45) is 0. The molecule has 2 rings (SSSR count). The predicted octanol–water partition coefficient (Wildman–Crippen LogP) is 4.31. The number of halogens is 1. The molecule has 0 aromatic heterocycles. The van der Waals surface area contributed by atoms with Crippen molar-refractivity contribution in [1.82, 2.24) is 4.90 Å². The second kappa shape index (κ2) is 6.44. The lowest BCUT2D eigenvalue weighted by molar-refractivity contribution is 0.220. The third kappa shape index (κ3) is 3.75. The average Bonchev–Trinajstić information content (AvgIpc) is 2.44. The lowest BCUT2D eigenvalue weighted by Gasteiger charge is -2.18. The van der Waals surface area contributed by atoms with Gasteiger partial charge in [-0.15, -0.1) is 0 Å². The van der Waals surface area contributed by atoms with E-state index in [1.165, 1.54) is 0 Å². The molecule has 2 amide bonds. The molecule has 0 heterocycles. The van der Waals surface area contributed by atoms with Gasteiger partial charge in [-0.1, -0.05) is 47.5 Å². The van der Waals surface area contributed by atoms with Crippen molar-refractivity contribution in [2.45, 2.75) is 13.5 Å². The molecule has 0 aliphatic heterocycles. The van der Waals surface area contributed by atoms with Gasteiger partial charge in [-0.2, -0.15) is 0 Å². The molecule has 0 aliphatic carbocycles. The molecule has 104 valence electrons. The normalized spacial score (nSPS) is 10.2. The van der Waals surface area contributed by atoms with Crippen LogP contribution in [0.25, 0.3) is 0 Å². The number of carbonyl (C=O) groups is 1. The minimum atomic E-state index is -0.159. The van der Waals surface area contributed by atoms with Gasteiger partial charge >= 0.3 is 6.03 Å². The van der Waals surface area contributed by atoms with Crippen molar-refractivity contribution < 1.29 is 4.79 Å². The number of amides is 2. The molecule has 4 heteroatoms. The van der Waals surface area contributed by atoms with E-state index >= 15 is 0 Å².